The van der Waals surface area contributed by atoms with Crippen LogP contribution in [0, 0.1) is 13.8 Å². The molecule has 32 heavy (non-hydrogen) atoms. The minimum absolute atomic E-state index is 0.312. The van der Waals surface area contributed by atoms with E-state index in [-0.39, 0.29) is 40.9 Å². The molecule has 4 aromatic carbocycles. The van der Waals surface area contributed by atoms with E-state index in [2.05, 4.69) is 74.5 Å². The number of thiophene rings is 2. The molecule has 0 spiro atoms. The van der Waals surface area contributed by atoms with Gasteiger partial charge in [0.2, 0.25) is 0 Å². The van der Waals surface area contributed by atoms with Crippen LogP contribution in [0.5, 0.6) is 0 Å². The van der Waals surface area contributed by atoms with Gasteiger partial charge in [-0.3, -0.25) is 0 Å². The van der Waals surface area contributed by atoms with Crippen LogP contribution in [0.25, 0.3) is 66.1 Å². The Morgan fingerprint density at radius 1 is 0.469 bits per heavy atom. The van der Waals surface area contributed by atoms with Crippen LogP contribution in [0.2, 0.25) is 0 Å². The molecule has 0 amide bonds. The van der Waals surface area contributed by atoms with Gasteiger partial charge in [-0.1, -0.05) is 0 Å². The van der Waals surface area contributed by atoms with Gasteiger partial charge in [0, 0.05) is 0 Å². The van der Waals surface area contributed by atoms with Crippen LogP contribution in [0.4, 0.5) is 0 Å². The van der Waals surface area contributed by atoms with E-state index in [0.29, 0.717) is 0 Å². The monoisotopic (exact) mass is 676 g/mol. The van der Waals surface area contributed by atoms with E-state index in [1.165, 1.54) is 51.5 Å². The van der Waals surface area contributed by atoms with Crippen LogP contribution in [0.1, 0.15) is 9.75 Å². The van der Waals surface area contributed by atoms with Crippen molar-refractivity contribution in [2.75, 3.05) is 0 Å². The third-order valence-corrected chi connectivity index (χ3v) is 16.6. The minimum atomic E-state index is -0.312. The third-order valence-electron chi connectivity index (χ3n) is 6.51. The SMILES string of the molecule is Cc1cc2cc3cc4c(cc3cc2s1)[te]c1c2cc3cc5cc(C)sc5cc3cc2[te]c41. The van der Waals surface area contributed by atoms with Crippen molar-refractivity contribution in [3.05, 3.63) is 70.4 Å². The van der Waals surface area contributed by atoms with Crippen molar-refractivity contribution in [1.29, 1.82) is 0 Å². The van der Waals surface area contributed by atoms with E-state index < -0.39 is 0 Å². The zero-order valence-electron chi connectivity index (χ0n) is 17.4. The van der Waals surface area contributed by atoms with Crippen LogP contribution in [-0.4, -0.2) is 40.9 Å². The normalized spacial score (nSPS) is 12.7. The predicted octanol–water partition coefficient (Wildman–Crippen LogP) is 8.61. The molecular formula is C28H16S2Te2. The van der Waals surface area contributed by atoms with Crippen molar-refractivity contribution in [3.63, 3.8) is 0 Å². The second-order valence-corrected chi connectivity index (χ2v) is 17.3. The van der Waals surface area contributed by atoms with E-state index in [4.69, 9.17) is 0 Å². The van der Waals surface area contributed by atoms with Crippen molar-refractivity contribution >= 4 is 130 Å². The van der Waals surface area contributed by atoms with Gasteiger partial charge in [-0.05, 0) is 0 Å². The van der Waals surface area contributed by atoms with Gasteiger partial charge in [-0.2, -0.15) is 0 Å². The summed E-state index contributed by atoms with van der Waals surface area (Å²) in [4.78, 5) is 2.81. The summed E-state index contributed by atoms with van der Waals surface area (Å²) in [6, 6.07) is 24.5. The molecule has 0 aliphatic heterocycles. The molecule has 4 aromatic heterocycles. The zero-order valence-corrected chi connectivity index (χ0v) is 23.7. The maximum absolute atomic E-state index is 2.53. The number of aryl methyl sites for hydroxylation is 2. The Hall–Kier alpha value is -1.36. The van der Waals surface area contributed by atoms with E-state index in [1.54, 1.807) is 24.4 Å². The Bertz CT molecular complexity index is 1910. The van der Waals surface area contributed by atoms with E-state index in [9.17, 15) is 0 Å². The Kier molecular flexibility index (Phi) is 3.93. The summed E-state index contributed by atoms with van der Waals surface area (Å²) < 4.78 is 9.68. The summed E-state index contributed by atoms with van der Waals surface area (Å²) in [6.07, 6.45) is 0. The molecule has 0 aliphatic rings. The Morgan fingerprint density at radius 2 is 0.906 bits per heavy atom. The molecule has 0 bridgehead atoms. The maximum atomic E-state index is 2.53. The molecule has 0 unspecified atom stereocenters. The molecule has 0 fully saturated rings. The Balaban J connectivity index is 1.45. The second kappa shape index (κ2) is 6.61. The fourth-order valence-electron chi connectivity index (χ4n) is 5.09. The van der Waals surface area contributed by atoms with Gasteiger partial charge < -0.3 is 0 Å². The second-order valence-electron chi connectivity index (χ2n) is 8.75. The van der Waals surface area contributed by atoms with E-state index in [1.807, 2.05) is 22.7 Å². The first-order valence-corrected chi connectivity index (χ1v) is 17.0. The van der Waals surface area contributed by atoms with E-state index >= 15 is 0 Å². The molecule has 0 N–H and O–H groups in total. The summed E-state index contributed by atoms with van der Waals surface area (Å²) in [5, 5.41) is 11.7. The molecule has 0 saturated heterocycles. The van der Waals surface area contributed by atoms with Gasteiger partial charge in [0.25, 0.3) is 0 Å². The molecule has 8 rings (SSSR count). The summed E-state index contributed by atoms with van der Waals surface area (Å²) in [6.45, 7) is 4.43. The fraction of sp³-hybridized carbons (Fsp3) is 0.0714. The van der Waals surface area contributed by atoms with Crippen molar-refractivity contribution in [2.45, 2.75) is 13.8 Å². The van der Waals surface area contributed by atoms with Crippen LogP contribution >= 0.6 is 22.7 Å². The average Bonchev–Trinajstić information content (AvgIpc) is 3.48. The summed E-state index contributed by atoms with van der Waals surface area (Å²) >= 11 is 3.21. The van der Waals surface area contributed by atoms with Gasteiger partial charge >= 0.3 is 214 Å². The molecule has 0 aliphatic carbocycles. The van der Waals surface area contributed by atoms with E-state index in [0.717, 1.165) is 0 Å². The molecule has 0 nitrogen and oxygen atoms in total. The molecule has 8 aromatic rings. The summed E-state index contributed by atoms with van der Waals surface area (Å²) in [7, 11) is 0. The Labute approximate surface area is 211 Å². The summed E-state index contributed by atoms with van der Waals surface area (Å²) in [5.41, 5.74) is 0. The zero-order chi connectivity index (χ0) is 21.1. The number of fused-ring (bicyclic) bond motifs is 9. The van der Waals surface area contributed by atoms with Crippen molar-refractivity contribution < 1.29 is 0 Å². The molecule has 152 valence electrons. The molecule has 4 heterocycles. The quantitative estimate of drug-likeness (QED) is 0.142. The molecule has 0 saturated carbocycles. The van der Waals surface area contributed by atoms with Gasteiger partial charge in [0.15, 0.2) is 0 Å². The predicted molar refractivity (Wildman–Crippen MR) is 148 cm³/mol. The van der Waals surface area contributed by atoms with Crippen LogP contribution in [0.3, 0.4) is 0 Å². The fourth-order valence-corrected chi connectivity index (χ4v) is 16.5. The van der Waals surface area contributed by atoms with Crippen LogP contribution in [-0.2, 0) is 0 Å². The van der Waals surface area contributed by atoms with Crippen LogP contribution < -0.4 is 0 Å². The molecule has 4 heteroatoms. The number of benzene rings is 4. The summed E-state index contributed by atoms with van der Waals surface area (Å²) in [5.74, 6) is 0. The number of hydrogen-bond donors (Lipinski definition) is 0. The van der Waals surface area contributed by atoms with Crippen LogP contribution in [0.15, 0.2) is 60.7 Å². The van der Waals surface area contributed by atoms with Gasteiger partial charge in [-0.25, -0.2) is 0 Å². The molecule has 0 radical (unpaired) electrons. The first-order chi connectivity index (χ1) is 15.6. The topological polar surface area (TPSA) is 0 Å². The molecule has 0 atom stereocenters. The van der Waals surface area contributed by atoms with Gasteiger partial charge in [0.1, 0.15) is 0 Å². The average molecular weight is 672 g/mol. The third kappa shape index (κ3) is 2.66. The standard InChI is InChI=1S/C28H16S2Te2/c1-13-3-19-5-15-7-21-25(11-17(15)9-23(19)29-13)31-28-22-8-16-6-20-4-14(2)30-24(20)10-18(16)12-26(22)32-27(21)28/h3-12H,1-2H3. The van der Waals surface area contributed by atoms with Gasteiger partial charge in [0.05, 0.1) is 0 Å². The molecular weight excluding hydrogens is 656 g/mol. The Morgan fingerprint density at radius 3 is 1.38 bits per heavy atom. The van der Waals surface area contributed by atoms with Gasteiger partial charge in [-0.15, -0.1) is 0 Å². The first-order valence-electron chi connectivity index (χ1n) is 10.7. The van der Waals surface area contributed by atoms with Crippen molar-refractivity contribution in [2.24, 2.45) is 0 Å². The van der Waals surface area contributed by atoms with Crippen molar-refractivity contribution in [3.8, 4) is 0 Å². The first kappa shape index (κ1) is 19.0. The van der Waals surface area contributed by atoms with Crippen molar-refractivity contribution in [1.82, 2.24) is 0 Å². The number of rotatable bonds is 0. The number of hydrogen-bond acceptors (Lipinski definition) is 2.